The van der Waals surface area contributed by atoms with Gasteiger partial charge < -0.3 is 0 Å². The molecule has 0 fully saturated rings. The molecule has 0 spiro atoms. The van der Waals surface area contributed by atoms with E-state index in [1.165, 1.54) is 0 Å². The topological polar surface area (TPSA) is 0 Å². The molecule has 0 saturated carbocycles. The summed E-state index contributed by atoms with van der Waals surface area (Å²) < 4.78 is 0. The minimum Gasteiger partial charge on any atom is -0.235 e. The smallest absolute Gasteiger partial charge is 0 e. The molecule has 0 aromatic heterocycles. The van der Waals surface area contributed by atoms with Crippen LogP contribution < -0.4 is 0 Å². The monoisotopic (exact) mass is 239 g/mol. The summed E-state index contributed by atoms with van der Waals surface area (Å²) in [6, 6.07) is 10.5. The third-order valence-corrected chi connectivity index (χ3v) is 1.50. The van der Waals surface area contributed by atoms with Gasteiger partial charge in [-0.1, -0.05) is 5.03 Å². The SMILES string of the molecule is [CH2-]/C=C(/Cl)c1[c-]cccc1.[Y]. The fraction of sp³-hybridized carbons (Fsp3) is 0. The minimum atomic E-state index is 0. The molecule has 11 heavy (non-hydrogen) atoms. The van der Waals surface area contributed by atoms with Crippen LogP contribution in [0.4, 0.5) is 0 Å². The van der Waals surface area contributed by atoms with Gasteiger partial charge in [-0.25, -0.2) is 6.92 Å². The van der Waals surface area contributed by atoms with E-state index in [0.717, 1.165) is 5.56 Å². The van der Waals surface area contributed by atoms with Gasteiger partial charge in [-0.2, -0.15) is 6.08 Å². The number of benzene rings is 1. The maximum Gasteiger partial charge on any atom is 0 e. The molecule has 0 saturated heterocycles. The maximum absolute atomic E-state index is 5.76. The summed E-state index contributed by atoms with van der Waals surface area (Å²) in [5, 5.41) is 0.639. The Bertz CT molecular complexity index is 229. The van der Waals surface area contributed by atoms with Crippen LogP contribution in [0.5, 0.6) is 0 Å². The second kappa shape index (κ2) is 5.82. The van der Waals surface area contributed by atoms with Crippen molar-refractivity contribution in [2.45, 2.75) is 0 Å². The van der Waals surface area contributed by atoms with E-state index in [-0.39, 0.29) is 32.7 Å². The van der Waals surface area contributed by atoms with Crippen LogP contribution in [0.1, 0.15) is 5.56 Å². The maximum atomic E-state index is 5.76. The summed E-state index contributed by atoms with van der Waals surface area (Å²) in [5.74, 6) is 0. The summed E-state index contributed by atoms with van der Waals surface area (Å²) in [7, 11) is 0. The molecule has 0 aliphatic heterocycles. The number of allylic oxidation sites excluding steroid dienone is 1. The first kappa shape index (κ1) is 11.2. The van der Waals surface area contributed by atoms with E-state index in [2.05, 4.69) is 13.0 Å². The van der Waals surface area contributed by atoms with Gasteiger partial charge in [-0.05, 0) is 0 Å². The van der Waals surface area contributed by atoms with Crippen LogP contribution in [0, 0.1) is 13.0 Å². The molecule has 0 aliphatic carbocycles. The Morgan fingerprint density at radius 2 is 2.27 bits per heavy atom. The predicted octanol–water partition coefficient (Wildman–Crippen LogP) is 2.90. The molecule has 0 unspecified atom stereocenters. The second-order valence-corrected chi connectivity index (χ2v) is 2.24. The number of hydrogen-bond donors (Lipinski definition) is 0. The van der Waals surface area contributed by atoms with Gasteiger partial charge in [0.25, 0.3) is 0 Å². The van der Waals surface area contributed by atoms with Crippen molar-refractivity contribution in [2.75, 3.05) is 0 Å². The fourth-order valence-corrected chi connectivity index (χ4v) is 0.769. The third-order valence-electron chi connectivity index (χ3n) is 1.15. The van der Waals surface area contributed by atoms with E-state index >= 15 is 0 Å². The Hall–Kier alpha value is 0.224. The average molecular weight is 240 g/mol. The molecule has 0 N–H and O–H groups in total. The van der Waals surface area contributed by atoms with Crippen LogP contribution in [0.25, 0.3) is 5.03 Å². The Kier molecular flexibility index (Phi) is 5.94. The molecule has 0 bridgehead atoms. The molecule has 0 amide bonds. The molecule has 1 rings (SSSR count). The van der Waals surface area contributed by atoms with Crippen LogP contribution in [-0.2, 0) is 32.7 Å². The molecule has 55 valence electrons. The summed E-state index contributed by atoms with van der Waals surface area (Å²) in [6.45, 7) is 3.55. The third kappa shape index (κ3) is 3.42. The molecule has 1 radical (unpaired) electrons. The molecule has 0 heterocycles. The van der Waals surface area contributed by atoms with Crippen molar-refractivity contribution in [3.05, 3.63) is 48.9 Å². The summed E-state index contributed by atoms with van der Waals surface area (Å²) in [4.78, 5) is 0. The van der Waals surface area contributed by atoms with Gasteiger partial charge >= 0.3 is 0 Å². The Morgan fingerprint density at radius 1 is 1.55 bits per heavy atom. The van der Waals surface area contributed by atoms with Crippen molar-refractivity contribution in [3.63, 3.8) is 0 Å². The molecule has 0 aliphatic rings. The van der Waals surface area contributed by atoms with Gasteiger partial charge in [0.05, 0.1) is 0 Å². The van der Waals surface area contributed by atoms with Crippen LogP contribution in [-0.4, -0.2) is 0 Å². The first-order valence-electron chi connectivity index (χ1n) is 2.96. The largest absolute Gasteiger partial charge is 0.235 e. The van der Waals surface area contributed by atoms with Gasteiger partial charge in [0, 0.05) is 32.7 Å². The zero-order valence-electron chi connectivity index (χ0n) is 6.05. The second-order valence-electron chi connectivity index (χ2n) is 1.83. The van der Waals surface area contributed by atoms with Gasteiger partial charge in [0.15, 0.2) is 0 Å². The Morgan fingerprint density at radius 3 is 2.73 bits per heavy atom. The predicted molar refractivity (Wildman–Crippen MR) is 44.5 cm³/mol. The van der Waals surface area contributed by atoms with Crippen molar-refractivity contribution in [2.24, 2.45) is 0 Å². The Balaban J connectivity index is 0.000001000. The van der Waals surface area contributed by atoms with E-state index < -0.39 is 0 Å². The molecular formula is C9H7ClY-2. The molecular weight excluding hydrogens is 232 g/mol. The first-order valence-corrected chi connectivity index (χ1v) is 3.34. The summed E-state index contributed by atoms with van der Waals surface area (Å²) in [6.07, 6.45) is 1.60. The van der Waals surface area contributed by atoms with Crippen LogP contribution in [0.2, 0.25) is 0 Å². The van der Waals surface area contributed by atoms with Crippen molar-refractivity contribution in [1.29, 1.82) is 0 Å². The van der Waals surface area contributed by atoms with E-state index in [9.17, 15) is 0 Å². The molecule has 0 atom stereocenters. The van der Waals surface area contributed by atoms with Crippen LogP contribution in [0.15, 0.2) is 30.3 Å². The van der Waals surface area contributed by atoms with Crippen molar-refractivity contribution in [3.8, 4) is 0 Å². The zero-order valence-corrected chi connectivity index (χ0v) is 9.64. The molecule has 0 nitrogen and oxygen atoms in total. The summed E-state index contributed by atoms with van der Waals surface area (Å²) in [5.41, 5.74) is 0.888. The van der Waals surface area contributed by atoms with E-state index in [1.54, 1.807) is 6.08 Å². The van der Waals surface area contributed by atoms with Gasteiger partial charge in [-0.15, -0.1) is 47.5 Å². The van der Waals surface area contributed by atoms with Crippen molar-refractivity contribution >= 4 is 16.6 Å². The van der Waals surface area contributed by atoms with Gasteiger partial charge in [0.2, 0.25) is 0 Å². The number of hydrogen-bond acceptors (Lipinski definition) is 0. The molecule has 2 heteroatoms. The van der Waals surface area contributed by atoms with Crippen molar-refractivity contribution in [1.82, 2.24) is 0 Å². The average Bonchev–Trinajstić information content (AvgIpc) is 2.05. The molecule has 1 aromatic carbocycles. The quantitative estimate of drug-likeness (QED) is 0.661. The van der Waals surface area contributed by atoms with E-state index in [0.29, 0.717) is 5.03 Å². The van der Waals surface area contributed by atoms with E-state index in [1.807, 2.05) is 24.3 Å². The first-order chi connectivity index (χ1) is 4.84. The zero-order chi connectivity index (χ0) is 7.40. The molecule has 1 aromatic rings. The fourth-order valence-electron chi connectivity index (χ4n) is 0.652. The van der Waals surface area contributed by atoms with Crippen molar-refractivity contribution < 1.29 is 32.7 Å². The minimum absolute atomic E-state index is 0. The standard InChI is InChI=1S/C9H7Cl.Y/c1-2-9(10)8-6-4-3-5-7-8;/h2-6H,1H2;/q-2;/b9-2+;. The van der Waals surface area contributed by atoms with Gasteiger partial charge in [-0.3, -0.25) is 0 Å². The summed E-state index contributed by atoms with van der Waals surface area (Å²) >= 11 is 5.76. The number of rotatable bonds is 1. The van der Waals surface area contributed by atoms with Crippen LogP contribution >= 0.6 is 11.6 Å². The van der Waals surface area contributed by atoms with Crippen LogP contribution in [0.3, 0.4) is 0 Å². The Labute approximate surface area is 97.5 Å². The van der Waals surface area contributed by atoms with Gasteiger partial charge in [0.1, 0.15) is 0 Å². The van der Waals surface area contributed by atoms with E-state index in [4.69, 9.17) is 11.6 Å². The number of halogens is 1. The normalized spacial score (nSPS) is 10.5.